The molecule has 4 amide bonds. The molecule has 0 radical (unpaired) electrons. The van der Waals surface area contributed by atoms with Gasteiger partial charge in [0.25, 0.3) is 11.8 Å². The van der Waals surface area contributed by atoms with Crippen LogP contribution in [0.15, 0.2) is 84.9 Å². The average molecular weight is 444 g/mol. The van der Waals surface area contributed by atoms with Crippen LogP contribution in [0, 0.1) is 0 Å². The molecule has 168 valence electrons. The van der Waals surface area contributed by atoms with E-state index in [1.54, 1.807) is 34.6 Å². The van der Waals surface area contributed by atoms with Crippen molar-refractivity contribution >= 4 is 17.8 Å². The molecule has 1 aliphatic heterocycles. The normalized spacial score (nSPS) is 15.7. The van der Waals surface area contributed by atoms with Crippen LogP contribution in [0.5, 0.6) is 0 Å². The fourth-order valence-corrected chi connectivity index (χ4v) is 4.03. The molecule has 0 aliphatic carbocycles. The zero-order valence-electron chi connectivity index (χ0n) is 18.1. The lowest BCUT2D eigenvalue weighted by atomic mass is 10.0. The molecule has 0 spiro atoms. The van der Waals surface area contributed by atoms with E-state index in [4.69, 9.17) is 5.21 Å². The molecule has 1 heterocycles. The van der Waals surface area contributed by atoms with Crippen LogP contribution in [0.4, 0.5) is 4.79 Å². The van der Waals surface area contributed by atoms with Gasteiger partial charge >= 0.3 is 6.03 Å². The van der Waals surface area contributed by atoms with Crippen molar-refractivity contribution in [2.24, 2.45) is 0 Å². The van der Waals surface area contributed by atoms with Gasteiger partial charge in [-0.2, -0.15) is 0 Å². The zero-order valence-corrected chi connectivity index (χ0v) is 18.1. The van der Waals surface area contributed by atoms with E-state index in [1.807, 2.05) is 60.7 Å². The lowest BCUT2D eigenvalue weighted by molar-refractivity contribution is -0.128. The highest BCUT2D eigenvalue weighted by Crippen LogP contribution is 2.24. The zero-order chi connectivity index (χ0) is 23.2. The molecule has 4 rings (SSSR count). The Labute approximate surface area is 192 Å². The maximum Gasteiger partial charge on any atom is 0.327 e. The minimum absolute atomic E-state index is 0.117. The third-order valence-corrected chi connectivity index (χ3v) is 5.82. The molecule has 1 unspecified atom stereocenters. The predicted molar refractivity (Wildman–Crippen MR) is 122 cm³/mol. The van der Waals surface area contributed by atoms with Gasteiger partial charge in [0.05, 0.1) is 6.54 Å². The first-order chi connectivity index (χ1) is 16.1. The Morgan fingerprint density at radius 1 is 0.818 bits per heavy atom. The van der Waals surface area contributed by atoms with E-state index in [-0.39, 0.29) is 24.0 Å². The average Bonchev–Trinajstić information content (AvgIpc) is 3.07. The Hall–Kier alpha value is -3.97. The van der Waals surface area contributed by atoms with E-state index in [0.717, 1.165) is 16.7 Å². The van der Waals surface area contributed by atoms with Gasteiger partial charge in [-0.25, -0.2) is 10.3 Å². The van der Waals surface area contributed by atoms with E-state index in [9.17, 15) is 14.4 Å². The number of imide groups is 1. The summed E-state index contributed by atoms with van der Waals surface area (Å²) in [5.74, 6) is -0.848. The molecule has 3 aromatic carbocycles. The quantitative estimate of drug-likeness (QED) is 0.317. The van der Waals surface area contributed by atoms with Crippen LogP contribution in [0.1, 0.15) is 27.0 Å². The topological polar surface area (TPSA) is 89.9 Å². The van der Waals surface area contributed by atoms with Gasteiger partial charge in [-0.05, 0) is 35.2 Å². The summed E-state index contributed by atoms with van der Waals surface area (Å²) in [5.41, 5.74) is 4.69. The third kappa shape index (κ3) is 5.10. The van der Waals surface area contributed by atoms with Crippen molar-refractivity contribution in [3.8, 4) is 0 Å². The number of carbonyl (C=O) groups excluding carboxylic acids is 3. The number of nitrogens with one attached hydrogen (secondary N) is 1. The first-order valence-electron chi connectivity index (χ1n) is 10.8. The van der Waals surface area contributed by atoms with E-state index >= 15 is 0 Å². The molecule has 1 saturated heterocycles. The minimum atomic E-state index is -0.620. The summed E-state index contributed by atoms with van der Waals surface area (Å²) in [6, 6.07) is 25.1. The number of hydrogen-bond acceptors (Lipinski definition) is 4. The molecule has 1 atom stereocenters. The highest BCUT2D eigenvalue weighted by Gasteiger charge is 2.44. The predicted octanol–water partition coefficient (Wildman–Crippen LogP) is 3.42. The monoisotopic (exact) mass is 443 g/mol. The Balaban J connectivity index is 1.54. The van der Waals surface area contributed by atoms with Crippen molar-refractivity contribution in [2.45, 2.75) is 25.4 Å². The standard InChI is InChI=1S/C26H25N3O4/c30-24(27-33)22-13-11-21(12-14-22)18-29-25(31)23(17-20-9-5-2-6-10-20)28(26(29)32)16-15-19-7-3-1-4-8-19/h1-14,23,33H,15-18H2,(H,27,30). The first-order valence-corrected chi connectivity index (χ1v) is 10.8. The Morgan fingerprint density at radius 3 is 2.03 bits per heavy atom. The number of hydroxylamine groups is 1. The van der Waals surface area contributed by atoms with Crippen LogP contribution < -0.4 is 5.48 Å². The molecule has 2 N–H and O–H groups in total. The van der Waals surface area contributed by atoms with Gasteiger partial charge in [-0.3, -0.25) is 19.7 Å². The SMILES string of the molecule is O=C(NO)c1ccc(CN2C(=O)C(Cc3ccccc3)N(CCc3ccccc3)C2=O)cc1. The van der Waals surface area contributed by atoms with Crippen LogP contribution in [0.2, 0.25) is 0 Å². The lowest BCUT2D eigenvalue weighted by Gasteiger charge is -2.22. The second-order valence-corrected chi connectivity index (χ2v) is 7.98. The van der Waals surface area contributed by atoms with E-state index in [0.29, 0.717) is 19.4 Å². The van der Waals surface area contributed by atoms with E-state index in [1.165, 1.54) is 4.90 Å². The number of amides is 4. The molecule has 7 heteroatoms. The maximum atomic E-state index is 13.3. The largest absolute Gasteiger partial charge is 0.327 e. The summed E-state index contributed by atoms with van der Waals surface area (Å²) < 4.78 is 0. The van der Waals surface area contributed by atoms with E-state index in [2.05, 4.69) is 0 Å². The summed E-state index contributed by atoms with van der Waals surface area (Å²) in [7, 11) is 0. The number of nitrogens with zero attached hydrogens (tertiary/aromatic N) is 2. The molecular weight excluding hydrogens is 418 g/mol. The number of rotatable bonds is 8. The number of benzene rings is 3. The van der Waals surface area contributed by atoms with Crippen molar-refractivity contribution in [2.75, 3.05) is 6.54 Å². The highest BCUT2D eigenvalue weighted by molar-refractivity contribution is 6.04. The fraction of sp³-hybridized carbons (Fsp3) is 0.192. The molecule has 3 aromatic rings. The first kappa shape index (κ1) is 22.2. The molecule has 0 bridgehead atoms. The molecule has 33 heavy (non-hydrogen) atoms. The van der Waals surface area contributed by atoms with Gasteiger partial charge in [-0.15, -0.1) is 0 Å². The van der Waals surface area contributed by atoms with Gasteiger partial charge in [0.2, 0.25) is 0 Å². The van der Waals surface area contributed by atoms with Gasteiger partial charge in [0, 0.05) is 18.5 Å². The van der Waals surface area contributed by atoms with Crippen LogP contribution >= 0.6 is 0 Å². The molecule has 1 aliphatic rings. The summed E-state index contributed by atoms with van der Waals surface area (Å²) in [6.07, 6.45) is 1.11. The van der Waals surface area contributed by atoms with Crippen LogP contribution in [-0.2, 0) is 24.2 Å². The Morgan fingerprint density at radius 2 is 1.42 bits per heavy atom. The van der Waals surface area contributed by atoms with Gasteiger partial charge in [-0.1, -0.05) is 72.8 Å². The summed E-state index contributed by atoms with van der Waals surface area (Å²) in [5, 5.41) is 8.77. The van der Waals surface area contributed by atoms with Gasteiger partial charge < -0.3 is 4.90 Å². The second-order valence-electron chi connectivity index (χ2n) is 7.98. The fourth-order valence-electron chi connectivity index (χ4n) is 4.03. The maximum absolute atomic E-state index is 13.3. The Kier molecular flexibility index (Phi) is 6.80. The third-order valence-electron chi connectivity index (χ3n) is 5.82. The highest BCUT2D eigenvalue weighted by atomic mass is 16.5. The van der Waals surface area contributed by atoms with Crippen molar-refractivity contribution < 1.29 is 19.6 Å². The molecule has 0 aromatic heterocycles. The Bertz CT molecular complexity index is 1120. The molecule has 0 saturated carbocycles. The summed E-state index contributed by atoms with van der Waals surface area (Å²) in [6.45, 7) is 0.560. The van der Waals surface area contributed by atoms with Crippen molar-refractivity contribution in [1.82, 2.24) is 15.3 Å². The number of urea groups is 1. The van der Waals surface area contributed by atoms with Gasteiger partial charge in [0.15, 0.2) is 0 Å². The van der Waals surface area contributed by atoms with Crippen LogP contribution in [-0.4, -0.2) is 45.4 Å². The minimum Gasteiger partial charge on any atom is -0.312 e. The smallest absolute Gasteiger partial charge is 0.312 e. The lowest BCUT2D eigenvalue weighted by Crippen LogP contribution is -2.38. The molecule has 1 fully saturated rings. The summed E-state index contributed by atoms with van der Waals surface area (Å²) in [4.78, 5) is 41.1. The van der Waals surface area contributed by atoms with Crippen molar-refractivity contribution in [1.29, 1.82) is 0 Å². The number of hydrogen-bond donors (Lipinski definition) is 2. The van der Waals surface area contributed by atoms with Crippen LogP contribution in [0.3, 0.4) is 0 Å². The second kappa shape index (κ2) is 10.1. The summed E-state index contributed by atoms with van der Waals surface area (Å²) >= 11 is 0. The molecular formula is C26H25N3O4. The number of carbonyl (C=O) groups is 3. The van der Waals surface area contributed by atoms with Crippen molar-refractivity contribution in [3.63, 3.8) is 0 Å². The molecule has 7 nitrogen and oxygen atoms in total. The van der Waals surface area contributed by atoms with Crippen LogP contribution in [0.25, 0.3) is 0 Å². The van der Waals surface area contributed by atoms with E-state index < -0.39 is 11.9 Å². The van der Waals surface area contributed by atoms with Crippen molar-refractivity contribution in [3.05, 3.63) is 107 Å². The van der Waals surface area contributed by atoms with Gasteiger partial charge in [0.1, 0.15) is 6.04 Å².